The number of anilines is 1. The average molecular weight is 227 g/mol. The number of aromatic nitrogens is 1. The third kappa shape index (κ3) is 4.26. The van der Waals surface area contributed by atoms with Gasteiger partial charge in [0.05, 0.1) is 5.69 Å². The van der Waals surface area contributed by atoms with Crippen molar-refractivity contribution in [1.29, 1.82) is 0 Å². The number of rotatable bonds is 5. The van der Waals surface area contributed by atoms with Crippen molar-refractivity contribution in [2.45, 2.75) is 19.3 Å². The molecular weight excluding hydrogens is 210 g/mol. The highest BCUT2D eigenvalue weighted by atomic mass is 32.1. The second kappa shape index (κ2) is 6.36. The van der Waals surface area contributed by atoms with Crippen LogP contribution in [0.5, 0.6) is 0 Å². The number of nitrogens with two attached hydrogens (primary N) is 2. The molecule has 0 aliphatic rings. The summed E-state index contributed by atoms with van der Waals surface area (Å²) in [5, 5.41) is 5.73. The van der Waals surface area contributed by atoms with E-state index < -0.39 is 0 Å². The Kier molecular flexibility index (Phi) is 5.06. The molecule has 0 fully saturated rings. The van der Waals surface area contributed by atoms with Crippen molar-refractivity contribution in [2.24, 2.45) is 16.5 Å². The summed E-state index contributed by atoms with van der Waals surface area (Å²) in [6, 6.07) is 0. The normalized spacial score (nSPS) is 11.7. The Bertz CT molecular complexity index is 320. The Morgan fingerprint density at radius 3 is 3.07 bits per heavy atom. The highest BCUT2D eigenvalue weighted by molar-refractivity contribution is 7.13. The number of nitrogens with one attached hydrogen (secondary N) is 1. The van der Waals surface area contributed by atoms with Crippen LogP contribution in [-0.2, 0) is 6.42 Å². The summed E-state index contributed by atoms with van der Waals surface area (Å²) in [5.74, 6) is 0.387. The SMILES string of the molecule is CN=C(N)Nc1nc(CCCCN)cs1. The van der Waals surface area contributed by atoms with Crippen molar-refractivity contribution in [3.05, 3.63) is 11.1 Å². The van der Waals surface area contributed by atoms with E-state index in [1.807, 2.05) is 5.38 Å². The third-order valence-electron chi connectivity index (χ3n) is 1.91. The van der Waals surface area contributed by atoms with Crippen molar-refractivity contribution in [3.63, 3.8) is 0 Å². The first-order chi connectivity index (χ1) is 7.26. The van der Waals surface area contributed by atoms with E-state index in [1.165, 1.54) is 11.3 Å². The maximum atomic E-state index is 5.52. The molecule has 0 aliphatic carbocycles. The van der Waals surface area contributed by atoms with Gasteiger partial charge in [-0.05, 0) is 25.8 Å². The smallest absolute Gasteiger partial charge is 0.194 e. The molecule has 1 rings (SSSR count). The summed E-state index contributed by atoms with van der Waals surface area (Å²) in [6.07, 6.45) is 3.09. The first-order valence-corrected chi connectivity index (χ1v) is 5.78. The second-order valence-corrected chi connectivity index (χ2v) is 3.98. The molecule has 15 heavy (non-hydrogen) atoms. The number of thiazole rings is 1. The van der Waals surface area contributed by atoms with Crippen LogP contribution in [0.4, 0.5) is 5.13 Å². The third-order valence-corrected chi connectivity index (χ3v) is 2.72. The van der Waals surface area contributed by atoms with Crippen LogP contribution in [0.2, 0.25) is 0 Å². The van der Waals surface area contributed by atoms with Crippen molar-refractivity contribution in [1.82, 2.24) is 4.98 Å². The molecule has 0 aliphatic heterocycles. The van der Waals surface area contributed by atoms with Gasteiger partial charge in [-0.15, -0.1) is 11.3 Å². The Morgan fingerprint density at radius 1 is 1.60 bits per heavy atom. The van der Waals surface area contributed by atoms with Crippen LogP contribution < -0.4 is 16.8 Å². The van der Waals surface area contributed by atoms with Gasteiger partial charge in [-0.2, -0.15) is 0 Å². The monoisotopic (exact) mass is 227 g/mol. The fourth-order valence-electron chi connectivity index (χ4n) is 1.10. The summed E-state index contributed by atoms with van der Waals surface area (Å²) >= 11 is 1.54. The van der Waals surface area contributed by atoms with E-state index in [4.69, 9.17) is 11.5 Å². The Labute approximate surface area is 93.6 Å². The molecule has 1 aromatic heterocycles. The highest BCUT2D eigenvalue weighted by Gasteiger charge is 2.02. The van der Waals surface area contributed by atoms with Gasteiger partial charge in [0.2, 0.25) is 0 Å². The predicted octanol–water partition coefficient (Wildman–Crippen LogP) is 0.781. The zero-order valence-corrected chi connectivity index (χ0v) is 9.68. The zero-order valence-electron chi connectivity index (χ0n) is 8.86. The lowest BCUT2D eigenvalue weighted by Crippen LogP contribution is -2.21. The maximum absolute atomic E-state index is 5.52. The molecule has 84 valence electrons. The quantitative estimate of drug-likeness (QED) is 0.394. The fourth-order valence-corrected chi connectivity index (χ4v) is 1.85. The molecule has 6 heteroatoms. The number of hydrogen-bond acceptors (Lipinski definition) is 4. The lowest BCUT2D eigenvalue weighted by molar-refractivity contribution is 0.736. The number of aryl methyl sites for hydroxylation is 1. The number of nitrogens with zero attached hydrogens (tertiary/aromatic N) is 2. The van der Waals surface area contributed by atoms with Crippen LogP contribution in [0.15, 0.2) is 10.4 Å². The molecule has 0 bridgehead atoms. The first kappa shape index (κ1) is 11.9. The van der Waals surface area contributed by atoms with Crippen LogP contribution in [0, 0.1) is 0 Å². The van der Waals surface area contributed by atoms with Gasteiger partial charge in [0.1, 0.15) is 0 Å². The van der Waals surface area contributed by atoms with E-state index in [9.17, 15) is 0 Å². The molecule has 5 nitrogen and oxygen atoms in total. The molecule has 5 N–H and O–H groups in total. The zero-order chi connectivity index (χ0) is 11.1. The van der Waals surface area contributed by atoms with Gasteiger partial charge in [0.25, 0.3) is 0 Å². The molecule has 0 unspecified atom stereocenters. The van der Waals surface area contributed by atoms with Gasteiger partial charge >= 0.3 is 0 Å². The fraction of sp³-hybridized carbons (Fsp3) is 0.556. The minimum Gasteiger partial charge on any atom is -0.370 e. The van der Waals surface area contributed by atoms with E-state index in [2.05, 4.69) is 15.3 Å². The van der Waals surface area contributed by atoms with Crippen molar-refractivity contribution < 1.29 is 0 Å². The van der Waals surface area contributed by atoms with E-state index in [1.54, 1.807) is 7.05 Å². The molecule has 1 heterocycles. The van der Waals surface area contributed by atoms with Gasteiger partial charge in [-0.25, -0.2) is 4.98 Å². The summed E-state index contributed by atoms with van der Waals surface area (Å²) < 4.78 is 0. The van der Waals surface area contributed by atoms with Gasteiger partial charge in [0.15, 0.2) is 11.1 Å². The molecule has 0 amide bonds. The molecule has 0 radical (unpaired) electrons. The van der Waals surface area contributed by atoms with Gasteiger partial charge in [-0.3, -0.25) is 4.99 Å². The minimum absolute atomic E-state index is 0.387. The van der Waals surface area contributed by atoms with Crippen molar-refractivity contribution in [3.8, 4) is 0 Å². The standard InChI is InChI=1S/C9H17N5S/c1-12-8(11)14-9-13-7(6-15-9)4-2-3-5-10/h6H,2-5,10H2,1H3,(H3,11,12,13,14). The van der Waals surface area contributed by atoms with Crippen LogP contribution in [-0.4, -0.2) is 24.5 Å². The summed E-state index contributed by atoms with van der Waals surface area (Å²) in [7, 11) is 1.64. The molecular formula is C9H17N5S. The van der Waals surface area contributed by atoms with Crippen LogP contribution in [0.25, 0.3) is 0 Å². The lowest BCUT2D eigenvalue weighted by Gasteiger charge is -1.98. The molecule has 0 saturated heterocycles. The highest BCUT2D eigenvalue weighted by Crippen LogP contribution is 2.16. The molecule has 0 spiro atoms. The lowest BCUT2D eigenvalue weighted by atomic mass is 10.2. The molecule has 0 saturated carbocycles. The van der Waals surface area contributed by atoms with E-state index in [0.29, 0.717) is 5.96 Å². The largest absolute Gasteiger partial charge is 0.370 e. The molecule has 1 aromatic rings. The van der Waals surface area contributed by atoms with Crippen molar-refractivity contribution >= 4 is 22.4 Å². The van der Waals surface area contributed by atoms with E-state index in [0.717, 1.165) is 36.6 Å². The second-order valence-electron chi connectivity index (χ2n) is 3.12. The Hall–Kier alpha value is -1.14. The molecule has 0 aromatic carbocycles. The van der Waals surface area contributed by atoms with Gasteiger partial charge in [-0.1, -0.05) is 0 Å². The predicted molar refractivity (Wildman–Crippen MR) is 65.3 cm³/mol. The van der Waals surface area contributed by atoms with E-state index >= 15 is 0 Å². The minimum atomic E-state index is 0.387. The van der Waals surface area contributed by atoms with Gasteiger partial charge in [0, 0.05) is 12.4 Å². The van der Waals surface area contributed by atoms with Gasteiger partial charge < -0.3 is 16.8 Å². The molecule has 0 atom stereocenters. The summed E-state index contributed by atoms with van der Waals surface area (Å²) in [4.78, 5) is 8.18. The summed E-state index contributed by atoms with van der Waals surface area (Å²) in [5.41, 5.74) is 12.0. The average Bonchev–Trinajstić information content (AvgIpc) is 2.66. The number of guanidine groups is 1. The topological polar surface area (TPSA) is 89.3 Å². The van der Waals surface area contributed by atoms with Crippen LogP contribution in [0.1, 0.15) is 18.5 Å². The summed E-state index contributed by atoms with van der Waals surface area (Å²) in [6.45, 7) is 0.741. The Balaban J connectivity index is 2.42. The van der Waals surface area contributed by atoms with Crippen LogP contribution >= 0.6 is 11.3 Å². The first-order valence-electron chi connectivity index (χ1n) is 4.90. The van der Waals surface area contributed by atoms with E-state index in [-0.39, 0.29) is 0 Å². The number of hydrogen-bond donors (Lipinski definition) is 3. The van der Waals surface area contributed by atoms with Crippen LogP contribution in [0.3, 0.4) is 0 Å². The maximum Gasteiger partial charge on any atom is 0.194 e. The Morgan fingerprint density at radius 2 is 2.40 bits per heavy atom. The van der Waals surface area contributed by atoms with Crippen molar-refractivity contribution in [2.75, 3.05) is 18.9 Å². The number of unbranched alkanes of at least 4 members (excludes halogenated alkanes) is 1. The number of aliphatic imine (C=N–C) groups is 1.